The number of hydrogen-bond donors (Lipinski definition) is 0. The zero-order valence-electron chi connectivity index (χ0n) is 15.8. The average Bonchev–Trinajstić information content (AvgIpc) is 2.99. The third-order valence-electron chi connectivity index (χ3n) is 6.00. The maximum atomic E-state index is 13.4. The summed E-state index contributed by atoms with van der Waals surface area (Å²) in [7, 11) is 0. The molecule has 2 aliphatic rings. The van der Waals surface area contributed by atoms with Gasteiger partial charge in [0.25, 0.3) is 0 Å². The minimum absolute atomic E-state index is 0.0654. The van der Waals surface area contributed by atoms with Crippen LogP contribution in [0.5, 0.6) is 0 Å². The van der Waals surface area contributed by atoms with Crippen molar-refractivity contribution in [2.75, 3.05) is 19.6 Å². The summed E-state index contributed by atoms with van der Waals surface area (Å²) in [6.07, 6.45) is 4.19. The van der Waals surface area contributed by atoms with E-state index in [1.165, 1.54) is 12.1 Å². The molecule has 1 aromatic carbocycles. The Balaban J connectivity index is 1.35. The lowest BCUT2D eigenvalue weighted by Crippen LogP contribution is -2.47. The van der Waals surface area contributed by atoms with E-state index in [0.717, 1.165) is 17.7 Å². The normalized spacial score (nSPS) is 18.7. The summed E-state index contributed by atoms with van der Waals surface area (Å²) in [5, 5.41) is 0. The van der Waals surface area contributed by atoms with Crippen LogP contribution < -0.4 is 0 Å². The van der Waals surface area contributed by atoms with Gasteiger partial charge in [-0.3, -0.25) is 14.6 Å². The molecule has 0 radical (unpaired) electrons. The second kappa shape index (κ2) is 7.70. The van der Waals surface area contributed by atoms with E-state index >= 15 is 0 Å². The molecule has 3 heterocycles. The first-order valence-electron chi connectivity index (χ1n) is 9.77. The molecule has 0 unspecified atom stereocenters. The summed E-state index contributed by atoms with van der Waals surface area (Å²) in [4.78, 5) is 33.5. The van der Waals surface area contributed by atoms with Crippen molar-refractivity contribution >= 4 is 11.8 Å². The molecule has 0 atom stereocenters. The van der Waals surface area contributed by atoms with Crippen molar-refractivity contribution in [2.24, 2.45) is 5.41 Å². The molecule has 2 aliphatic heterocycles. The first-order chi connectivity index (χ1) is 13.6. The minimum Gasteiger partial charge on any atom is -0.342 e. The van der Waals surface area contributed by atoms with Crippen LogP contribution in [0.4, 0.5) is 4.39 Å². The number of rotatable bonds is 4. The Morgan fingerprint density at radius 1 is 1.07 bits per heavy atom. The molecule has 0 aliphatic carbocycles. The highest BCUT2D eigenvalue weighted by atomic mass is 19.1. The molecule has 0 N–H and O–H groups in total. The molecule has 28 heavy (non-hydrogen) atoms. The number of benzene rings is 1. The predicted octanol–water partition coefficient (Wildman–Crippen LogP) is 2.80. The SMILES string of the molecule is O=C(Cc1ccccn1)N1CCC2(CC1)CCN(Cc1cccc(F)c1)C2=O. The average molecular weight is 381 g/mol. The fraction of sp³-hybridized carbons (Fsp3) is 0.409. The zero-order valence-corrected chi connectivity index (χ0v) is 15.8. The van der Waals surface area contributed by atoms with Gasteiger partial charge in [0.1, 0.15) is 5.82 Å². The zero-order chi connectivity index (χ0) is 19.6. The van der Waals surface area contributed by atoms with Gasteiger partial charge in [-0.05, 0) is 49.1 Å². The molecule has 2 saturated heterocycles. The molecule has 0 saturated carbocycles. The number of piperidine rings is 1. The Morgan fingerprint density at radius 3 is 2.57 bits per heavy atom. The summed E-state index contributed by atoms with van der Waals surface area (Å²) >= 11 is 0. The molecule has 5 nitrogen and oxygen atoms in total. The lowest BCUT2D eigenvalue weighted by atomic mass is 9.77. The van der Waals surface area contributed by atoms with E-state index in [4.69, 9.17) is 0 Å². The van der Waals surface area contributed by atoms with Crippen molar-refractivity contribution in [2.45, 2.75) is 32.2 Å². The molecule has 1 spiro atoms. The van der Waals surface area contributed by atoms with Gasteiger partial charge in [0.2, 0.25) is 11.8 Å². The monoisotopic (exact) mass is 381 g/mol. The molecule has 2 amide bonds. The van der Waals surface area contributed by atoms with Crippen LogP contribution in [0.15, 0.2) is 48.7 Å². The van der Waals surface area contributed by atoms with Crippen LogP contribution >= 0.6 is 0 Å². The molecular weight excluding hydrogens is 357 g/mol. The molecule has 146 valence electrons. The molecule has 0 bridgehead atoms. The Labute approximate surface area is 164 Å². The fourth-order valence-corrected chi connectivity index (χ4v) is 4.32. The number of nitrogens with zero attached hydrogens (tertiary/aromatic N) is 3. The fourth-order valence-electron chi connectivity index (χ4n) is 4.32. The number of carbonyl (C=O) groups is 2. The van der Waals surface area contributed by atoms with Crippen LogP contribution in [-0.4, -0.2) is 46.2 Å². The Bertz CT molecular complexity index is 863. The van der Waals surface area contributed by atoms with Crippen LogP contribution in [0.2, 0.25) is 0 Å². The minimum atomic E-state index is -0.366. The smallest absolute Gasteiger partial charge is 0.229 e. The summed E-state index contributed by atoms with van der Waals surface area (Å²) in [6, 6.07) is 12.0. The van der Waals surface area contributed by atoms with Gasteiger partial charge in [0.15, 0.2) is 0 Å². The van der Waals surface area contributed by atoms with Crippen LogP contribution in [0.3, 0.4) is 0 Å². The van der Waals surface area contributed by atoms with E-state index in [9.17, 15) is 14.0 Å². The molecular formula is C22H24FN3O2. The third-order valence-corrected chi connectivity index (χ3v) is 6.00. The third kappa shape index (κ3) is 3.77. The van der Waals surface area contributed by atoms with Gasteiger partial charge in [-0.15, -0.1) is 0 Å². The van der Waals surface area contributed by atoms with Crippen molar-refractivity contribution in [3.8, 4) is 0 Å². The Hall–Kier alpha value is -2.76. The van der Waals surface area contributed by atoms with Crippen molar-refractivity contribution < 1.29 is 14.0 Å². The number of aromatic nitrogens is 1. The summed E-state index contributed by atoms with van der Waals surface area (Å²) < 4.78 is 13.4. The number of carbonyl (C=O) groups excluding carboxylic acids is 2. The van der Waals surface area contributed by atoms with Gasteiger partial charge in [0, 0.05) is 38.1 Å². The quantitative estimate of drug-likeness (QED) is 0.818. The van der Waals surface area contributed by atoms with Crippen molar-refractivity contribution in [1.29, 1.82) is 0 Å². The van der Waals surface area contributed by atoms with Gasteiger partial charge in [0.05, 0.1) is 11.8 Å². The van der Waals surface area contributed by atoms with Crippen molar-refractivity contribution in [3.63, 3.8) is 0 Å². The lowest BCUT2D eigenvalue weighted by Gasteiger charge is -2.38. The van der Waals surface area contributed by atoms with E-state index in [1.54, 1.807) is 12.3 Å². The highest BCUT2D eigenvalue weighted by Crippen LogP contribution is 2.42. The maximum Gasteiger partial charge on any atom is 0.229 e. The van der Waals surface area contributed by atoms with E-state index in [1.807, 2.05) is 34.1 Å². The standard InChI is InChI=1S/C22H24FN3O2/c23-18-5-3-4-17(14-18)16-26-13-9-22(21(26)28)7-11-25(12-8-22)20(27)15-19-6-1-2-10-24-19/h1-6,10,14H,7-9,11-13,15-16H2. The molecule has 4 rings (SSSR count). The lowest BCUT2D eigenvalue weighted by molar-refractivity contribution is -0.142. The maximum absolute atomic E-state index is 13.4. The van der Waals surface area contributed by atoms with Crippen LogP contribution in [0.25, 0.3) is 0 Å². The molecule has 6 heteroatoms. The highest BCUT2D eigenvalue weighted by molar-refractivity contribution is 5.85. The van der Waals surface area contributed by atoms with E-state index < -0.39 is 0 Å². The Kier molecular flexibility index (Phi) is 5.11. The topological polar surface area (TPSA) is 53.5 Å². The van der Waals surface area contributed by atoms with E-state index in [2.05, 4.69) is 4.98 Å². The first kappa shape index (κ1) is 18.6. The van der Waals surface area contributed by atoms with Gasteiger partial charge in [-0.1, -0.05) is 18.2 Å². The van der Waals surface area contributed by atoms with Crippen LogP contribution in [0.1, 0.15) is 30.5 Å². The van der Waals surface area contributed by atoms with Crippen molar-refractivity contribution in [1.82, 2.24) is 14.8 Å². The summed E-state index contributed by atoms with van der Waals surface area (Å²) in [6.45, 7) is 2.34. The predicted molar refractivity (Wildman–Crippen MR) is 103 cm³/mol. The number of halogens is 1. The van der Waals surface area contributed by atoms with Crippen LogP contribution in [0, 0.1) is 11.2 Å². The van der Waals surface area contributed by atoms with Crippen LogP contribution in [-0.2, 0) is 22.6 Å². The number of hydrogen-bond acceptors (Lipinski definition) is 3. The number of likely N-dealkylation sites (tertiary alicyclic amines) is 2. The van der Waals surface area contributed by atoms with Gasteiger partial charge in [-0.25, -0.2) is 4.39 Å². The van der Waals surface area contributed by atoms with E-state index in [-0.39, 0.29) is 23.0 Å². The first-order valence-corrected chi connectivity index (χ1v) is 9.77. The molecule has 2 fully saturated rings. The number of amides is 2. The summed E-state index contributed by atoms with van der Waals surface area (Å²) in [5.74, 6) is -0.0669. The Morgan fingerprint density at radius 2 is 1.86 bits per heavy atom. The second-order valence-electron chi connectivity index (χ2n) is 7.77. The van der Waals surface area contributed by atoms with Gasteiger partial charge < -0.3 is 9.80 Å². The van der Waals surface area contributed by atoms with E-state index in [0.29, 0.717) is 45.4 Å². The molecule has 2 aromatic rings. The molecule has 1 aromatic heterocycles. The highest BCUT2D eigenvalue weighted by Gasteiger charge is 2.48. The van der Waals surface area contributed by atoms with Crippen molar-refractivity contribution in [3.05, 3.63) is 65.7 Å². The second-order valence-corrected chi connectivity index (χ2v) is 7.77. The number of pyridine rings is 1. The summed E-state index contributed by atoms with van der Waals surface area (Å²) in [5.41, 5.74) is 1.22. The van der Waals surface area contributed by atoms with Gasteiger partial charge in [-0.2, -0.15) is 0 Å². The largest absolute Gasteiger partial charge is 0.342 e. The van der Waals surface area contributed by atoms with Gasteiger partial charge >= 0.3 is 0 Å².